The first kappa shape index (κ1) is 16.9. The van der Waals surface area contributed by atoms with Crippen LogP contribution in [0.5, 0.6) is 0 Å². The van der Waals surface area contributed by atoms with Crippen molar-refractivity contribution in [3.8, 4) is 0 Å². The lowest BCUT2D eigenvalue weighted by molar-refractivity contribution is -0.129. The van der Waals surface area contributed by atoms with Gasteiger partial charge in [-0.2, -0.15) is 5.10 Å². The molecule has 8 nitrogen and oxygen atoms in total. The van der Waals surface area contributed by atoms with Gasteiger partial charge in [-0.1, -0.05) is 12.1 Å². The summed E-state index contributed by atoms with van der Waals surface area (Å²) >= 11 is 0. The molecule has 124 valence electrons. The highest BCUT2D eigenvalue weighted by Gasteiger charge is 2.11. The third-order valence-electron chi connectivity index (χ3n) is 3.57. The van der Waals surface area contributed by atoms with E-state index in [4.69, 9.17) is 5.21 Å². The lowest BCUT2D eigenvalue weighted by Gasteiger charge is -2.16. The minimum atomic E-state index is -0.389. The van der Waals surface area contributed by atoms with E-state index >= 15 is 0 Å². The van der Waals surface area contributed by atoms with Gasteiger partial charge in [0, 0.05) is 24.9 Å². The number of carbonyl (C=O) groups is 2. The largest absolute Gasteiger partial charge is 0.351 e. The number of likely N-dealkylation sites (N-methyl/N-ethyl adjacent to an activating group) is 1. The molecular formula is C15H21N5O3. The topological polar surface area (TPSA) is 110 Å². The molecule has 4 N–H and O–H groups in total. The highest BCUT2D eigenvalue weighted by Crippen LogP contribution is 2.15. The monoisotopic (exact) mass is 319 g/mol. The smallest absolute Gasteiger partial charge is 0.253 e. The fourth-order valence-corrected chi connectivity index (χ4v) is 2.29. The zero-order valence-corrected chi connectivity index (χ0v) is 13.0. The number of aromatic amines is 1. The number of fused-ring (bicyclic) bond motifs is 1. The van der Waals surface area contributed by atoms with E-state index in [9.17, 15) is 9.59 Å². The quantitative estimate of drug-likeness (QED) is 0.418. The highest BCUT2D eigenvalue weighted by molar-refractivity contribution is 6.05. The third-order valence-corrected chi connectivity index (χ3v) is 3.57. The molecule has 2 aromatic rings. The fraction of sp³-hybridized carbons (Fsp3) is 0.400. The lowest BCUT2D eigenvalue weighted by atomic mass is 10.1. The molecule has 0 aliphatic rings. The summed E-state index contributed by atoms with van der Waals surface area (Å²) in [6.45, 7) is 1.89. The van der Waals surface area contributed by atoms with E-state index in [1.165, 1.54) is 0 Å². The Balaban J connectivity index is 1.74. The molecule has 0 saturated heterocycles. The Morgan fingerprint density at radius 3 is 2.96 bits per heavy atom. The number of para-hydroxylation sites is 1. The summed E-state index contributed by atoms with van der Waals surface area (Å²) in [4.78, 5) is 25.1. The fourth-order valence-electron chi connectivity index (χ4n) is 2.29. The Morgan fingerprint density at radius 1 is 1.35 bits per heavy atom. The van der Waals surface area contributed by atoms with Crippen LogP contribution in [0.2, 0.25) is 0 Å². The van der Waals surface area contributed by atoms with E-state index in [0.29, 0.717) is 31.6 Å². The van der Waals surface area contributed by atoms with Gasteiger partial charge in [0.05, 0.1) is 17.3 Å². The van der Waals surface area contributed by atoms with E-state index in [1.54, 1.807) is 17.7 Å². The van der Waals surface area contributed by atoms with E-state index in [0.717, 1.165) is 10.9 Å². The van der Waals surface area contributed by atoms with Gasteiger partial charge < -0.3 is 10.2 Å². The van der Waals surface area contributed by atoms with Crippen LogP contribution in [-0.2, 0) is 4.79 Å². The van der Waals surface area contributed by atoms with Gasteiger partial charge in [0.1, 0.15) is 0 Å². The van der Waals surface area contributed by atoms with Crippen molar-refractivity contribution in [3.63, 3.8) is 0 Å². The minimum Gasteiger partial charge on any atom is -0.351 e. The van der Waals surface area contributed by atoms with Crippen molar-refractivity contribution in [2.45, 2.75) is 12.8 Å². The molecule has 2 amide bonds. The maximum Gasteiger partial charge on any atom is 0.253 e. The SMILES string of the molecule is CN(CCCC(=O)NO)CCNC(=O)c1cccc2cn[nH]c12. The Bertz CT molecular complexity index is 670. The summed E-state index contributed by atoms with van der Waals surface area (Å²) < 4.78 is 0. The molecule has 0 aliphatic heterocycles. The molecule has 0 saturated carbocycles. The highest BCUT2D eigenvalue weighted by atomic mass is 16.5. The van der Waals surface area contributed by atoms with Crippen LogP contribution in [0.15, 0.2) is 24.4 Å². The van der Waals surface area contributed by atoms with Crippen LogP contribution in [-0.4, -0.2) is 58.8 Å². The first-order valence-electron chi connectivity index (χ1n) is 7.43. The second-order valence-corrected chi connectivity index (χ2v) is 5.34. The molecule has 23 heavy (non-hydrogen) atoms. The summed E-state index contributed by atoms with van der Waals surface area (Å²) in [5, 5.41) is 19.0. The molecule has 0 spiro atoms. The number of amides is 2. The molecule has 0 atom stereocenters. The predicted molar refractivity (Wildman–Crippen MR) is 85.1 cm³/mol. The van der Waals surface area contributed by atoms with Gasteiger partial charge in [-0.05, 0) is 26.1 Å². The van der Waals surface area contributed by atoms with Gasteiger partial charge in [-0.25, -0.2) is 5.48 Å². The molecule has 1 aromatic heterocycles. The number of nitrogens with zero attached hydrogens (tertiary/aromatic N) is 2. The molecule has 0 fully saturated rings. The number of hydrogen-bond donors (Lipinski definition) is 4. The average molecular weight is 319 g/mol. The number of H-pyrrole nitrogens is 1. The normalized spacial score (nSPS) is 10.9. The Kier molecular flexibility index (Phi) is 6.07. The predicted octanol–water partition coefficient (Wildman–Crippen LogP) is 0.510. The van der Waals surface area contributed by atoms with E-state index in [2.05, 4.69) is 15.5 Å². The zero-order chi connectivity index (χ0) is 16.7. The van der Waals surface area contributed by atoms with Crippen molar-refractivity contribution < 1.29 is 14.8 Å². The van der Waals surface area contributed by atoms with Crippen LogP contribution in [0, 0.1) is 0 Å². The van der Waals surface area contributed by atoms with Gasteiger partial charge in [0.15, 0.2) is 0 Å². The van der Waals surface area contributed by atoms with E-state index in [-0.39, 0.29) is 18.2 Å². The number of carbonyl (C=O) groups excluding carboxylic acids is 2. The van der Waals surface area contributed by atoms with Crippen LogP contribution >= 0.6 is 0 Å². The molecular weight excluding hydrogens is 298 g/mol. The van der Waals surface area contributed by atoms with Crippen LogP contribution < -0.4 is 10.8 Å². The first-order valence-corrected chi connectivity index (χ1v) is 7.43. The van der Waals surface area contributed by atoms with Crippen molar-refractivity contribution in [2.75, 3.05) is 26.7 Å². The third kappa shape index (κ3) is 4.76. The Labute approximate surface area is 133 Å². The summed E-state index contributed by atoms with van der Waals surface area (Å²) in [5.41, 5.74) is 2.91. The maximum atomic E-state index is 12.2. The summed E-state index contributed by atoms with van der Waals surface area (Å²) in [6, 6.07) is 5.48. The molecule has 1 heterocycles. The number of rotatable bonds is 8. The van der Waals surface area contributed by atoms with E-state index in [1.807, 2.05) is 24.1 Å². The van der Waals surface area contributed by atoms with Crippen molar-refractivity contribution in [3.05, 3.63) is 30.0 Å². The molecule has 0 aliphatic carbocycles. The molecule has 0 unspecified atom stereocenters. The standard InChI is InChI=1S/C15H21N5O3/c1-20(8-3-6-13(21)19-23)9-7-16-15(22)12-5-2-4-11-10-17-18-14(11)12/h2,4-5,10,23H,3,6-9H2,1H3,(H,16,22)(H,17,18)(H,19,21). The number of hydroxylamine groups is 1. The maximum absolute atomic E-state index is 12.2. The van der Waals surface area contributed by atoms with Crippen molar-refractivity contribution >= 4 is 22.7 Å². The first-order chi connectivity index (χ1) is 11.1. The minimum absolute atomic E-state index is 0.145. The molecule has 0 bridgehead atoms. The van der Waals surface area contributed by atoms with Crippen molar-refractivity contribution in [1.82, 2.24) is 25.9 Å². The summed E-state index contributed by atoms with van der Waals surface area (Å²) in [6.07, 6.45) is 2.60. The molecule has 1 aromatic carbocycles. The van der Waals surface area contributed by atoms with Crippen LogP contribution in [0.25, 0.3) is 10.9 Å². The molecule has 0 radical (unpaired) electrons. The second-order valence-electron chi connectivity index (χ2n) is 5.34. The average Bonchev–Trinajstić information content (AvgIpc) is 3.03. The lowest BCUT2D eigenvalue weighted by Crippen LogP contribution is -2.33. The van der Waals surface area contributed by atoms with Crippen molar-refractivity contribution in [1.29, 1.82) is 0 Å². The number of benzene rings is 1. The Hall–Kier alpha value is -2.45. The van der Waals surface area contributed by atoms with Gasteiger partial charge in [-0.15, -0.1) is 0 Å². The Morgan fingerprint density at radius 2 is 2.17 bits per heavy atom. The molecule has 8 heteroatoms. The van der Waals surface area contributed by atoms with Gasteiger partial charge >= 0.3 is 0 Å². The summed E-state index contributed by atoms with van der Waals surface area (Å²) in [7, 11) is 1.92. The van der Waals surface area contributed by atoms with Gasteiger partial charge in [0.25, 0.3) is 5.91 Å². The van der Waals surface area contributed by atoms with E-state index < -0.39 is 0 Å². The van der Waals surface area contributed by atoms with Gasteiger partial charge in [0.2, 0.25) is 5.91 Å². The summed E-state index contributed by atoms with van der Waals surface area (Å²) in [5.74, 6) is -0.535. The second kappa shape index (κ2) is 8.25. The van der Waals surface area contributed by atoms with Crippen LogP contribution in [0.1, 0.15) is 23.2 Å². The molecule has 2 rings (SSSR count). The number of aromatic nitrogens is 2. The van der Waals surface area contributed by atoms with Gasteiger partial charge in [-0.3, -0.25) is 19.9 Å². The van der Waals surface area contributed by atoms with Crippen LogP contribution in [0.4, 0.5) is 0 Å². The number of nitrogens with one attached hydrogen (secondary N) is 3. The zero-order valence-electron chi connectivity index (χ0n) is 13.0. The number of hydrogen-bond acceptors (Lipinski definition) is 5. The van der Waals surface area contributed by atoms with Crippen molar-refractivity contribution in [2.24, 2.45) is 0 Å². The van der Waals surface area contributed by atoms with Crippen LogP contribution in [0.3, 0.4) is 0 Å².